The van der Waals surface area contributed by atoms with Crippen LogP contribution in [0.2, 0.25) is 0 Å². The molecule has 2 aliphatic rings. The van der Waals surface area contributed by atoms with Crippen LogP contribution in [0.25, 0.3) is 0 Å². The first kappa shape index (κ1) is 21.1. The second-order valence-corrected chi connectivity index (χ2v) is 7.28. The Hall–Kier alpha value is -2.61. The van der Waals surface area contributed by atoms with Crippen molar-refractivity contribution in [1.82, 2.24) is 15.5 Å². The number of nitrogens with zero attached hydrogens (tertiary/aromatic N) is 2. The molecule has 0 aliphatic carbocycles. The number of anilines is 1. The van der Waals surface area contributed by atoms with Crippen LogP contribution in [0.1, 0.15) is 30.9 Å². The summed E-state index contributed by atoms with van der Waals surface area (Å²) in [5.41, 5.74) is 3.58. The molecule has 1 aromatic carbocycles. The van der Waals surface area contributed by atoms with Crippen molar-refractivity contribution in [1.29, 1.82) is 0 Å². The second-order valence-electron chi connectivity index (χ2n) is 7.28. The number of nitrogens with one attached hydrogen (secondary N) is 2. The zero-order valence-electron chi connectivity index (χ0n) is 17.0. The molecule has 2 N–H and O–H groups in total. The first-order chi connectivity index (χ1) is 14.1. The summed E-state index contributed by atoms with van der Waals surface area (Å²) >= 11 is 0. The molecule has 0 spiro atoms. The van der Waals surface area contributed by atoms with E-state index in [0.717, 1.165) is 31.6 Å². The Kier molecular flexibility index (Phi) is 7.46. The van der Waals surface area contributed by atoms with E-state index in [4.69, 9.17) is 4.74 Å². The number of amides is 3. The number of hydrogen-bond acceptors (Lipinski definition) is 5. The molecule has 1 aromatic rings. The Bertz CT molecular complexity index is 752. The highest BCUT2D eigenvalue weighted by atomic mass is 16.5. The zero-order chi connectivity index (χ0) is 20.6. The van der Waals surface area contributed by atoms with Crippen LogP contribution in [-0.4, -0.2) is 68.7 Å². The van der Waals surface area contributed by atoms with Gasteiger partial charge in [0.25, 0.3) is 0 Å². The molecule has 0 bridgehead atoms. The monoisotopic (exact) mass is 402 g/mol. The summed E-state index contributed by atoms with van der Waals surface area (Å²) < 4.78 is 4.82. The predicted octanol–water partition coefficient (Wildman–Crippen LogP) is 1.08. The lowest BCUT2D eigenvalue weighted by Gasteiger charge is -2.20. The predicted molar refractivity (Wildman–Crippen MR) is 110 cm³/mol. The van der Waals surface area contributed by atoms with Gasteiger partial charge in [-0.15, -0.1) is 0 Å². The van der Waals surface area contributed by atoms with Gasteiger partial charge in [-0.25, -0.2) is 4.79 Å². The van der Waals surface area contributed by atoms with Gasteiger partial charge >= 0.3 is 12.0 Å². The fourth-order valence-electron chi connectivity index (χ4n) is 3.72. The van der Waals surface area contributed by atoms with Crippen LogP contribution in [0.3, 0.4) is 0 Å². The normalized spacial score (nSPS) is 16.4. The number of ether oxygens (including phenoxy) is 1. The van der Waals surface area contributed by atoms with Gasteiger partial charge in [0.2, 0.25) is 5.91 Å². The van der Waals surface area contributed by atoms with Gasteiger partial charge in [-0.1, -0.05) is 6.07 Å². The average Bonchev–Trinajstić information content (AvgIpc) is 2.92. The van der Waals surface area contributed by atoms with E-state index in [2.05, 4.69) is 22.8 Å². The Morgan fingerprint density at radius 3 is 2.72 bits per heavy atom. The van der Waals surface area contributed by atoms with E-state index in [1.807, 2.05) is 6.07 Å². The van der Waals surface area contributed by atoms with E-state index < -0.39 is 0 Å². The van der Waals surface area contributed by atoms with Gasteiger partial charge in [0.1, 0.15) is 0 Å². The highest BCUT2D eigenvalue weighted by molar-refractivity contribution is 5.94. The third-order valence-corrected chi connectivity index (χ3v) is 5.30. The van der Waals surface area contributed by atoms with Gasteiger partial charge in [-0.3, -0.25) is 14.5 Å². The fraction of sp³-hybridized carbons (Fsp3) is 0.571. The van der Waals surface area contributed by atoms with E-state index in [1.165, 1.54) is 11.1 Å². The minimum atomic E-state index is -0.324. The van der Waals surface area contributed by atoms with Crippen LogP contribution in [0.15, 0.2) is 18.2 Å². The van der Waals surface area contributed by atoms with Gasteiger partial charge in [-0.05, 0) is 56.1 Å². The van der Waals surface area contributed by atoms with Crippen LogP contribution in [0.4, 0.5) is 10.5 Å². The topological polar surface area (TPSA) is 91.0 Å². The highest BCUT2D eigenvalue weighted by Gasteiger charge is 2.30. The number of benzene rings is 1. The Balaban J connectivity index is 1.47. The Morgan fingerprint density at radius 1 is 1.14 bits per heavy atom. The maximum atomic E-state index is 12.8. The van der Waals surface area contributed by atoms with Gasteiger partial charge in [0, 0.05) is 38.3 Å². The summed E-state index contributed by atoms with van der Waals surface area (Å²) in [7, 11) is 0. The summed E-state index contributed by atoms with van der Waals surface area (Å²) in [6, 6.07) is 6.22. The Labute approximate surface area is 171 Å². The van der Waals surface area contributed by atoms with Gasteiger partial charge in [0.05, 0.1) is 13.0 Å². The van der Waals surface area contributed by atoms with E-state index in [1.54, 1.807) is 16.7 Å². The zero-order valence-corrected chi connectivity index (χ0v) is 17.0. The molecule has 3 amide bonds. The van der Waals surface area contributed by atoms with E-state index >= 15 is 0 Å². The number of fused-ring (bicyclic) bond motifs is 1. The molecule has 3 rings (SSSR count). The maximum absolute atomic E-state index is 12.8. The van der Waals surface area contributed by atoms with E-state index in [0.29, 0.717) is 26.2 Å². The minimum absolute atomic E-state index is 0.0592. The molecule has 1 saturated heterocycles. The number of esters is 1. The van der Waals surface area contributed by atoms with Gasteiger partial charge in [-0.2, -0.15) is 0 Å². The molecule has 0 saturated carbocycles. The Morgan fingerprint density at radius 2 is 1.93 bits per heavy atom. The number of carbonyl (C=O) groups is 3. The lowest BCUT2D eigenvalue weighted by molar-refractivity contribution is -0.143. The molecule has 2 heterocycles. The molecular weight excluding hydrogens is 372 g/mol. The van der Waals surface area contributed by atoms with Crippen molar-refractivity contribution in [2.45, 2.75) is 32.6 Å². The van der Waals surface area contributed by atoms with Crippen molar-refractivity contribution in [3.05, 3.63) is 29.3 Å². The fourth-order valence-corrected chi connectivity index (χ4v) is 3.72. The molecule has 8 nitrogen and oxygen atoms in total. The lowest BCUT2D eigenvalue weighted by atomic mass is 10.0. The van der Waals surface area contributed by atoms with Crippen molar-refractivity contribution < 1.29 is 19.1 Å². The third-order valence-electron chi connectivity index (χ3n) is 5.30. The molecule has 0 radical (unpaired) electrons. The van der Waals surface area contributed by atoms with Crippen LogP contribution >= 0.6 is 0 Å². The molecule has 2 aliphatic heterocycles. The smallest absolute Gasteiger partial charge is 0.324 e. The molecule has 0 aromatic heterocycles. The number of rotatable bonds is 8. The van der Waals surface area contributed by atoms with Crippen LogP contribution < -0.4 is 15.5 Å². The van der Waals surface area contributed by atoms with Crippen molar-refractivity contribution in [3.63, 3.8) is 0 Å². The number of hydrogen-bond donors (Lipinski definition) is 2. The molecule has 8 heteroatoms. The maximum Gasteiger partial charge on any atom is 0.324 e. The van der Waals surface area contributed by atoms with Crippen molar-refractivity contribution >= 4 is 23.6 Å². The van der Waals surface area contributed by atoms with Crippen LogP contribution in [-0.2, 0) is 27.2 Å². The second kappa shape index (κ2) is 10.2. The first-order valence-corrected chi connectivity index (χ1v) is 10.4. The SMILES string of the molecule is CCOC(=O)CCNC(=O)CCN1CCN(c2ccc3c(c2)CCNCC3)C1=O. The minimum Gasteiger partial charge on any atom is -0.466 e. The number of urea groups is 1. The van der Waals surface area contributed by atoms with Crippen molar-refractivity contribution in [3.8, 4) is 0 Å². The molecule has 1 fully saturated rings. The molecule has 0 unspecified atom stereocenters. The standard InChI is InChI=1S/C21H30N4O4/c1-2-29-20(27)7-11-23-19(26)8-12-24-13-14-25(21(24)28)18-4-3-16-5-9-22-10-6-17(16)15-18/h3-4,15,22H,2,5-14H2,1H3,(H,23,26). The quantitative estimate of drug-likeness (QED) is 0.635. The summed E-state index contributed by atoms with van der Waals surface area (Å²) in [4.78, 5) is 39.5. The summed E-state index contributed by atoms with van der Waals surface area (Å²) in [6.07, 6.45) is 2.37. The summed E-state index contributed by atoms with van der Waals surface area (Å²) in [5, 5.41) is 6.10. The third kappa shape index (κ3) is 5.69. The van der Waals surface area contributed by atoms with E-state index in [9.17, 15) is 14.4 Å². The average molecular weight is 402 g/mol. The largest absolute Gasteiger partial charge is 0.466 e. The summed E-state index contributed by atoms with van der Waals surface area (Å²) in [6.45, 7) is 5.88. The van der Waals surface area contributed by atoms with Crippen LogP contribution in [0.5, 0.6) is 0 Å². The van der Waals surface area contributed by atoms with Crippen molar-refractivity contribution in [2.75, 3.05) is 50.8 Å². The van der Waals surface area contributed by atoms with Gasteiger partial charge < -0.3 is 20.3 Å². The van der Waals surface area contributed by atoms with Crippen molar-refractivity contribution in [2.24, 2.45) is 0 Å². The van der Waals surface area contributed by atoms with Gasteiger partial charge in [0.15, 0.2) is 0 Å². The summed E-state index contributed by atoms with van der Waals surface area (Å²) in [5.74, 6) is -0.493. The molecular formula is C21H30N4O4. The lowest BCUT2D eigenvalue weighted by Crippen LogP contribution is -2.35. The molecule has 158 valence electrons. The first-order valence-electron chi connectivity index (χ1n) is 10.4. The van der Waals surface area contributed by atoms with E-state index in [-0.39, 0.29) is 37.3 Å². The molecule has 29 heavy (non-hydrogen) atoms. The number of carbonyl (C=O) groups excluding carboxylic acids is 3. The van der Waals surface area contributed by atoms with Crippen LogP contribution in [0, 0.1) is 0 Å². The molecule has 0 atom stereocenters. The highest BCUT2D eigenvalue weighted by Crippen LogP contribution is 2.25.